The first-order valence-corrected chi connectivity index (χ1v) is 6.63. The average molecular weight is 241 g/mol. The molecule has 1 rings (SSSR count). The predicted molar refractivity (Wildman–Crippen MR) is 69.5 cm³/mol. The van der Waals surface area contributed by atoms with E-state index in [9.17, 15) is 0 Å². The van der Waals surface area contributed by atoms with Gasteiger partial charge in [0, 0.05) is 11.8 Å². The number of thioether (sulfide) groups is 1. The molecule has 0 aromatic heterocycles. The van der Waals surface area contributed by atoms with Crippen LogP contribution >= 0.6 is 11.8 Å². The van der Waals surface area contributed by atoms with Gasteiger partial charge < -0.3 is 15.2 Å². The Kier molecular flexibility index (Phi) is 5.49. The normalized spacial score (nSPS) is 12.2. The molecule has 1 aromatic rings. The first-order valence-electron chi connectivity index (χ1n) is 5.24. The van der Waals surface area contributed by atoms with E-state index in [-0.39, 0.29) is 6.04 Å². The molecule has 4 heteroatoms. The summed E-state index contributed by atoms with van der Waals surface area (Å²) >= 11 is 1.76. The highest BCUT2D eigenvalue weighted by Gasteiger charge is 2.07. The number of hydrogen-bond acceptors (Lipinski definition) is 4. The molecule has 3 nitrogen and oxygen atoms in total. The molecule has 1 aromatic carbocycles. The number of nitrogens with two attached hydrogens (primary N) is 1. The molecule has 0 aliphatic rings. The highest BCUT2D eigenvalue weighted by atomic mass is 32.2. The van der Waals surface area contributed by atoms with E-state index in [1.165, 1.54) is 0 Å². The summed E-state index contributed by atoms with van der Waals surface area (Å²) < 4.78 is 10.9. The fourth-order valence-corrected chi connectivity index (χ4v) is 1.57. The smallest absolute Gasteiger partial charge is 0.161 e. The summed E-state index contributed by atoms with van der Waals surface area (Å²) in [5, 5.41) is 0. The summed E-state index contributed by atoms with van der Waals surface area (Å²) in [5.41, 5.74) is 6.86. The summed E-state index contributed by atoms with van der Waals surface area (Å²) in [4.78, 5) is 0. The van der Waals surface area contributed by atoms with Gasteiger partial charge in [-0.25, -0.2) is 0 Å². The Labute approximate surface area is 101 Å². The van der Waals surface area contributed by atoms with Crippen molar-refractivity contribution in [3.63, 3.8) is 0 Å². The van der Waals surface area contributed by atoms with Crippen molar-refractivity contribution in [2.24, 2.45) is 5.73 Å². The van der Waals surface area contributed by atoms with Crippen molar-refractivity contribution in [2.45, 2.75) is 13.0 Å². The molecule has 0 aliphatic carbocycles. The first-order chi connectivity index (χ1) is 7.69. The van der Waals surface area contributed by atoms with Crippen LogP contribution in [-0.4, -0.2) is 25.7 Å². The largest absolute Gasteiger partial charge is 0.493 e. The summed E-state index contributed by atoms with van der Waals surface area (Å²) in [6.07, 6.45) is 2.06. The molecule has 0 aliphatic heterocycles. The molecule has 2 N–H and O–H groups in total. The van der Waals surface area contributed by atoms with Gasteiger partial charge in [-0.1, -0.05) is 6.07 Å². The van der Waals surface area contributed by atoms with Crippen molar-refractivity contribution in [3.8, 4) is 11.5 Å². The minimum atomic E-state index is 0.00847. The van der Waals surface area contributed by atoms with E-state index >= 15 is 0 Å². The lowest BCUT2D eigenvalue weighted by atomic mass is 10.1. The predicted octanol–water partition coefficient (Wildman–Crippen LogP) is 2.46. The van der Waals surface area contributed by atoms with Crippen molar-refractivity contribution < 1.29 is 9.47 Å². The van der Waals surface area contributed by atoms with Crippen LogP contribution in [0.2, 0.25) is 0 Å². The molecule has 0 amide bonds. The van der Waals surface area contributed by atoms with Gasteiger partial charge in [-0.3, -0.25) is 0 Å². The summed E-state index contributed by atoms with van der Waals surface area (Å²) in [6, 6.07) is 5.83. The SMILES string of the molecule is COc1cc(C(C)N)ccc1OCCSC. The molecule has 90 valence electrons. The van der Waals surface area contributed by atoms with Crippen molar-refractivity contribution in [2.75, 3.05) is 25.7 Å². The van der Waals surface area contributed by atoms with Crippen molar-refractivity contribution in [1.82, 2.24) is 0 Å². The zero-order valence-corrected chi connectivity index (χ0v) is 10.8. The fourth-order valence-electron chi connectivity index (χ4n) is 1.32. The second kappa shape index (κ2) is 6.66. The summed E-state index contributed by atoms with van der Waals surface area (Å²) in [6.45, 7) is 2.64. The minimum absolute atomic E-state index is 0.00847. The van der Waals surface area contributed by atoms with E-state index in [2.05, 4.69) is 6.26 Å². The number of benzene rings is 1. The highest BCUT2D eigenvalue weighted by molar-refractivity contribution is 7.98. The first kappa shape index (κ1) is 13.2. The maximum atomic E-state index is 5.81. The zero-order valence-electron chi connectivity index (χ0n) is 10.0. The maximum Gasteiger partial charge on any atom is 0.161 e. The van der Waals surface area contributed by atoms with Crippen LogP contribution in [0.15, 0.2) is 18.2 Å². The van der Waals surface area contributed by atoms with Gasteiger partial charge in [0.2, 0.25) is 0 Å². The van der Waals surface area contributed by atoms with Gasteiger partial charge in [0.1, 0.15) is 0 Å². The molecule has 16 heavy (non-hydrogen) atoms. The monoisotopic (exact) mass is 241 g/mol. The van der Waals surface area contributed by atoms with E-state index in [1.54, 1.807) is 18.9 Å². The molecule has 0 spiro atoms. The van der Waals surface area contributed by atoms with Crippen LogP contribution in [0.25, 0.3) is 0 Å². The molecule has 0 fully saturated rings. The lowest BCUT2D eigenvalue weighted by Gasteiger charge is -2.13. The molecule has 0 bridgehead atoms. The fraction of sp³-hybridized carbons (Fsp3) is 0.500. The van der Waals surface area contributed by atoms with Crippen LogP contribution < -0.4 is 15.2 Å². The third kappa shape index (κ3) is 3.61. The standard InChI is InChI=1S/C12H19NO2S/c1-9(13)10-4-5-11(12(8-10)14-2)15-6-7-16-3/h4-5,8-9H,6-7,13H2,1-3H3. The number of rotatable bonds is 6. The molecule has 0 radical (unpaired) electrons. The Balaban J connectivity index is 2.76. The molecule has 0 saturated heterocycles. The van der Waals surface area contributed by atoms with Gasteiger partial charge in [-0.15, -0.1) is 0 Å². The van der Waals surface area contributed by atoms with Gasteiger partial charge >= 0.3 is 0 Å². The van der Waals surface area contributed by atoms with Gasteiger partial charge in [-0.05, 0) is 30.9 Å². The van der Waals surface area contributed by atoms with Crippen LogP contribution in [0.1, 0.15) is 18.5 Å². The molecular formula is C12H19NO2S. The van der Waals surface area contributed by atoms with Crippen LogP contribution in [0, 0.1) is 0 Å². The molecule has 0 heterocycles. The van der Waals surface area contributed by atoms with Crippen molar-refractivity contribution >= 4 is 11.8 Å². The number of ether oxygens (including phenoxy) is 2. The van der Waals surface area contributed by atoms with Crippen LogP contribution in [0.3, 0.4) is 0 Å². The van der Waals surface area contributed by atoms with Crippen LogP contribution in [-0.2, 0) is 0 Å². The molecule has 1 atom stereocenters. The minimum Gasteiger partial charge on any atom is -0.493 e. The van der Waals surface area contributed by atoms with Crippen molar-refractivity contribution in [3.05, 3.63) is 23.8 Å². The van der Waals surface area contributed by atoms with Gasteiger partial charge in [0.15, 0.2) is 11.5 Å². The van der Waals surface area contributed by atoms with Gasteiger partial charge in [-0.2, -0.15) is 11.8 Å². The Morgan fingerprint density at radius 3 is 2.69 bits per heavy atom. The quantitative estimate of drug-likeness (QED) is 0.777. The van der Waals surface area contributed by atoms with Crippen molar-refractivity contribution in [1.29, 1.82) is 0 Å². The molecular weight excluding hydrogens is 222 g/mol. The highest BCUT2D eigenvalue weighted by Crippen LogP contribution is 2.29. The second-order valence-electron chi connectivity index (χ2n) is 3.54. The van der Waals surface area contributed by atoms with E-state index < -0.39 is 0 Å². The number of hydrogen-bond donors (Lipinski definition) is 1. The van der Waals surface area contributed by atoms with Gasteiger partial charge in [0.25, 0.3) is 0 Å². The zero-order chi connectivity index (χ0) is 12.0. The van der Waals surface area contributed by atoms with Crippen LogP contribution in [0.4, 0.5) is 0 Å². The Hall–Kier alpha value is -0.870. The topological polar surface area (TPSA) is 44.5 Å². The number of methoxy groups -OCH3 is 1. The lowest BCUT2D eigenvalue weighted by Crippen LogP contribution is -2.06. The Bertz CT molecular complexity index is 329. The summed E-state index contributed by atoms with van der Waals surface area (Å²) in [5.74, 6) is 2.50. The van der Waals surface area contributed by atoms with E-state index in [0.717, 1.165) is 22.8 Å². The average Bonchev–Trinajstić information content (AvgIpc) is 2.29. The van der Waals surface area contributed by atoms with E-state index in [0.29, 0.717) is 6.61 Å². The molecule has 0 saturated carbocycles. The summed E-state index contributed by atoms with van der Waals surface area (Å²) in [7, 11) is 1.64. The van der Waals surface area contributed by atoms with Gasteiger partial charge in [0.05, 0.1) is 13.7 Å². The second-order valence-corrected chi connectivity index (χ2v) is 4.53. The van der Waals surface area contributed by atoms with Crippen LogP contribution in [0.5, 0.6) is 11.5 Å². The third-order valence-corrected chi connectivity index (χ3v) is 2.83. The lowest BCUT2D eigenvalue weighted by molar-refractivity contribution is 0.313. The van der Waals surface area contributed by atoms with E-state index in [4.69, 9.17) is 15.2 Å². The third-order valence-electron chi connectivity index (χ3n) is 2.26. The maximum absolute atomic E-state index is 5.81. The Morgan fingerprint density at radius 1 is 1.38 bits per heavy atom. The van der Waals surface area contributed by atoms with E-state index in [1.807, 2.05) is 25.1 Å². The Morgan fingerprint density at radius 2 is 2.12 bits per heavy atom. The molecule has 1 unspecified atom stereocenters.